The van der Waals surface area contributed by atoms with Crippen LogP contribution in [0, 0.1) is 34.5 Å². The number of nitrogens with zero attached hydrogens (tertiary/aromatic N) is 2. The third-order valence-corrected chi connectivity index (χ3v) is 6.85. The van der Waals surface area contributed by atoms with Gasteiger partial charge in [-0.1, -0.05) is 115 Å². The van der Waals surface area contributed by atoms with Gasteiger partial charge in [-0.2, -0.15) is 10.5 Å². The van der Waals surface area contributed by atoms with E-state index in [1.54, 1.807) is 0 Å². The largest absolute Gasteiger partial charge is 0.198 e. The summed E-state index contributed by atoms with van der Waals surface area (Å²) in [4.78, 5) is 0. The second kappa shape index (κ2) is 24.4. The lowest BCUT2D eigenvalue weighted by molar-refractivity contribution is 0.427. The highest BCUT2D eigenvalue weighted by Gasteiger charge is 2.05. The number of nitriles is 2. The molecule has 0 aliphatic rings. The minimum atomic E-state index is 0.226. The van der Waals surface area contributed by atoms with Gasteiger partial charge in [0.25, 0.3) is 0 Å². The van der Waals surface area contributed by atoms with Crippen molar-refractivity contribution in [2.24, 2.45) is 11.8 Å². The van der Waals surface area contributed by atoms with E-state index in [4.69, 9.17) is 10.5 Å². The Hall–Kier alpha value is -1.28. The van der Waals surface area contributed by atoms with E-state index in [9.17, 15) is 0 Å². The second-order valence-corrected chi connectivity index (χ2v) is 10.3. The van der Waals surface area contributed by atoms with E-state index in [2.05, 4.69) is 25.6 Å². The maximum atomic E-state index is 8.84. The molecule has 32 heavy (non-hydrogen) atoms. The Morgan fingerprint density at radius 3 is 1.53 bits per heavy atom. The van der Waals surface area contributed by atoms with E-state index in [1.807, 2.05) is 6.92 Å². The fourth-order valence-electron chi connectivity index (χ4n) is 4.50. The van der Waals surface area contributed by atoms with Crippen LogP contribution in [-0.4, -0.2) is 0 Å². The van der Waals surface area contributed by atoms with Gasteiger partial charge in [0.1, 0.15) is 0 Å². The highest BCUT2D eigenvalue weighted by atomic mass is 14.3. The minimum Gasteiger partial charge on any atom is -0.198 e. The number of rotatable bonds is 24. The van der Waals surface area contributed by atoms with Gasteiger partial charge in [0.2, 0.25) is 0 Å². The van der Waals surface area contributed by atoms with Crippen LogP contribution in [0.25, 0.3) is 0 Å². The quantitative estimate of drug-likeness (QED) is 0.110. The average molecular weight is 443 g/mol. The predicted molar refractivity (Wildman–Crippen MR) is 140 cm³/mol. The Balaban J connectivity index is 3.29. The zero-order valence-electron chi connectivity index (χ0n) is 21.8. The molecule has 0 fully saturated rings. The molecule has 0 aromatic rings. The highest BCUT2D eigenvalue weighted by molar-refractivity contribution is 4.93. The summed E-state index contributed by atoms with van der Waals surface area (Å²) < 4.78 is 0. The molecule has 184 valence electrons. The second-order valence-electron chi connectivity index (χ2n) is 10.3. The van der Waals surface area contributed by atoms with Crippen molar-refractivity contribution in [3.8, 4) is 12.1 Å². The zero-order chi connectivity index (χ0) is 23.7. The molecule has 0 amide bonds. The summed E-state index contributed by atoms with van der Waals surface area (Å²) in [5, 5.41) is 17.4. The SMILES string of the molecule is C=C(CCCCCCCCCCCCC#N)CCCCCCCC(C)CCCC(C)C#N. The van der Waals surface area contributed by atoms with Gasteiger partial charge in [-0.15, -0.1) is 0 Å². The lowest BCUT2D eigenvalue weighted by atomic mass is 9.94. The fourth-order valence-corrected chi connectivity index (χ4v) is 4.50. The van der Waals surface area contributed by atoms with E-state index >= 15 is 0 Å². The Bertz CT molecular complexity index is 496. The van der Waals surface area contributed by atoms with Gasteiger partial charge in [-0.25, -0.2) is 0 Å². The van der Waals surface area contributed by atoms with Crippen LogP contribution < -0.4 is 0 Å². The van der Waals surface area contributed by atoms with Crippen LogP contribution in [0.1, 0.15) is 155 Å². The monoisotopic (exact) mass is 442 g/mol. The van der Waals surface area contributed by atoms with Crippen molar-refractivity contribution in [2.45, 2.75) is 155 Å². The van der Waals surface area contributed by atoms with Gasteiger partial charge in [-0.3, -0.25) is 0 Å². The molecule has 2 heteroatoms. The van der Waals surface area contributed by atoms with Gasteiger partial charge in [0.15, 0.2) is 0 Å². The molecule has 0 heterocycles. The maximum absolute atomic E-state index is 8.84. The van der Waals surface area contributed by atoms with Crippen molar-refractivity contribution in [3.05, 3.63) is 12.2 Å². The van der Waals surface area contributed by atoms with E-state index in [0.29, 0.717) is 0 Å². The number of hydrogen-bond donors (Lipinski definition) is 0. The molecule has 0 saturated heterocycles. The number of hydrogen-bond acceptors (Lipinski definition) is 2. The lowest BCUT2D eigenvalue weighted by Crippen LogP contribution is -1.97. The maximum Gasteiger partial charge on any atom is 0.0652 e. The van der Waals surface area contributed by atoms with Crippen LogP contribution in [0.2, 0.25) is 0 Å². The Kier molecular flexibility index (Phi) is 23.4. The smallest absolute Gasteiger partial charge is 0.0652 e. The molecule has 0 aromatic heterocycles. The third-order valence-electron chi connectivity index (χ3n) is 6.85. The van der Waals surface area contributed by atoms with Crippen molar-refractivity contribution < 1.29 is 0 Å². The van der Waals surface area contributed by atoms with Crippen LogP contribution in [0.3, 0.4) is 0 Å². The predicted octanol–water partition coefficient (Wildman–Crippen LogP) is 10.4. The molecule has 0 rings (SSSR count). The van der Waals surface area contributed by atoms with E-state index < -0.39 is 0 Å². The normalized spacial score (nSPS) is 12.8. The summed E-state index contributed by atoms with van der Waals surface area (Å²) in [7, 11) is 0. The minimum absolute atomic E-state index is 0.226. The third kappa shape index (κ3) is 23.4. The molecule has 0 saturated carbocycles. The average Bonchev–Trinajstić information content (AvgIpc) is 2.79. The first-order valence-corrected chi connectivity index (χ1v) is 14.0. The van der Waals surface area contributed by atoms with Gasteiger partial charge in [0, 0.05) is 12.3 Å². The Morgan fingerprint density at radius 1 is 0.594 bits per heavy atom. The molecule has 0 radical (unpaired) electrons. The molecule has 2 unspecified atom stereocenters. The summed E-state index contributed by atoms with van der Waals surface area (Å²) in [6.45, 7) is 8.72. The van der Waals surface area contributed by atoms with Gasteiger partial charge < -0.3 is 0 Å². The molecule has 0 bridgehead atoms. The zero-order valence-corrected chi connectivity index (χ0v) is 21.8. The van der Waals surface area contributed by atoms with Crippen molar-refractivity contribution >= 4 is 0 Å². The summed E-state index contributed by atoms with van der Waals surface area (Å²) >= 11 is 0. The highest BCUT2D eigenvalue weighted by Crippen LogP contribution is 2.20. The van der Waals surface area contributed by atoms with Crippen molar-refractivity contribution in [2.75, 3.05) is 0 Å². The van der Waals surface area contributed by atoms with Crippen molar-refractivity contribution in [1.29, 1.82) is 10.5 Å². The van der Waals surface area contributed by atoms with Crippen LogP contribution in [0.15, 0.2) is 12.2 Å². The molecule has 0 aromatic carbocycles. The molecule has 0 spiro atoms. The summed E-state index contributed by atoms with van der Waals surface area (Å²) in [6.07, 6.45) is 28.2. The van der Waals surface area contributed by atoms with Gasteiger partial charge >= 0.3 is 0 Å². The summed E-state index contributed by atoms with van der Waals surface area (Å²) in [5.74, 6) is 1.05. The number of unbranched alkanes of at least 4 members (excludes halogenated alkanes) is 14. The molecule has 0 aliphatic carbocycles. The van der Waals surface area contributed by atoms with Crippen molar-refractivity contribution in [3.63, 3.8) is 0 Å². The molecule has 0 N–H and O–H groups in total. The molecule has 2 nitrogen and oxygen atoms in total. The number of allylic oxidation sites excluding steroid dienone is 1. The van der Waals surface area contributed by atoms with E-state index in [-0.39, 0.29) is 5.92 Å². The van der Waals surface area contributed by atoms with E-state index in [0.717, 1.165) is 25.2 Å². The van der Waals surface area contributed by atoms with Crippen LogP contribution in [0.5, 0.6) is 0 Å². The first-order valence-electron chi connectivity index (χ1n) is 14.0. The van der Waals surface area contributed by atoms with Gasteiger partial charge in [0.05, 0.1) is 12.1 Å². The van der Waals surface area contributed by atoms with E-state index in [1.165, 1.54) is 128 Å². The topological polar surface area (TPSA) is 47.6 Å². The van der Waals surface area contributed by atoms with Crippen molar-refractivity contribution in [1.82, 2.24) is 0 Å². The first-order chi connectivity index (χ1) is 15.6. The molecular weight excluding hydrogens is 388 g/mol. The Morgan fingerprint density at radius 2 is 1.03 bits per heavy atom. The van der Waals surface area contributed by atoms with Gasteiger partial charge in [-0.05, 0) is 51.4 Å². The standard InChI is InChI=1S/C30H54N2/c1-28(21-16-12-9-7-5-4-6-8-10-15-19-26-31)22-17-13-11-14-18-23-29(2)24-20-25-30(3)27-32/h29-30H,1,4-25H2,2-3H3. The first kappa shape index (κ1) is 30.7. The molecular formula is C30H54N2. The Labute approximate surface area is 201 Å². The lowest BCUT2D eigenvalue weighted by Gasteiger charge is -2.11. The molecule has 0 aliphatic heterocycles. The van der Waals surface area contributed by atoms with Crippen LogP contribution >= 0.6 is 0 Å². The van der Waals surface area contributed by atoms with Crippen LogP contribution in [0.4, 0.5) is 0 Å². The summed E-state index contributed by atoms with van der Waals surface area (Å²) in [6, 6.07) is 4.56. The van der Waals surface area contributed by atoms with Crippen LogP contribution in [-0.2, 0) is 0 Å². The summed E-state index contributed by atoms with van der Waals surface area (Å²) in [5.41, 5.74) is 1.47. The fraction of sp³-hybridized carbons (Fsp3) is 0.867. The molecule has 2 atom stereocenters.